The van der Waals surface area contributed by atoms with Crippen LogP contribution in [0.15, 0.2) is 47.1 Å². The van der Waals surface area contributed by atoms with Gasteiger partial charge in [-0.1, -0.05) is 11.6 Å². The average molecular weight is 288 g/mol. The van der Waals surface area contributed by atoms with Crippen LogP contribution in [0.1, 0.15) is 10.6 Å². The summed E-state index contributed by atoms with van der Waals surface area (Å²) in [5.41, 5.74) is 7.32. The lowest BCUT2D eigenvalue weighted by molar-refractivity contribution is 0.0998. The Kier molecular flexibility index (Phi) is 3.04. The van der Waals surface area contributed by atoms with Crippen molar-refractivity contribution in [1.82, 2.24) is 4.98 Å². The van der Waals surface area contributed by atoms with Crippen LogP contribution >= 0.6 is 11.6 Å². The summed E-state index contributed by atoms with van der Waals surface area (Å²) in [5.74, 6) is -0.208. The van der Waals surface area contributed by atoms with Crippen molar-refractivity contribution in [1.29, 1.82) is 0 Å². The molecule has 0 saturated heterocycles. The lowest BCUT2D eigenvalue weighted by atomic mass is 10.2. The van der Waals surface area contributed by atoms with Gasteiger partial charge >= 0.3 is 0 Å². The van der Waals surface area contributed by atoms with Gasteiger partial charge in [0.15, 0.2) is 5.76 Å². The molecule has 0 atom stereocenters. The van der Waals surface area contributed by atoms with Gasteiger partial charge in [0.25, 0.3) is 5.91 Å². The summed E-state index contributed by atoms with van der Waals surface area (Å²) in [7, 11) is 0. The van der Waals surface area contributed by atoms with Gasteiger partial charge < -0.3 is 15.5 Å². The van der Waals surface area contributed by atoms with Crippen LogP contribution in [0.4, 0.5) is 11.4 Å². The zero-order chi connectivity index (χ0) is 14.1. The number of aromatic nitrogens is 1. The first kappa shape index (κ1) is 12.5. The van der Waals surface area contributed by atoms with Crippen LogP contribution in [0.5, 0.6) is 0 Å². The minimum Gasteiger partial charge on any atom is -0.451 e. The van der Waals surface area contributed by atoms with E-state index >= 15 is 0 Å². The maximum Gasteiger partial charge on any atom is 0.291 e. The summed E-state index contributed by atoms with van der Waals surface area (Å²) >= 11 is 5.95. The van der Waals surface area contributed by atoms with Crippen LogP contribution in [-0.2, 0) is 0 Å². The van der Waals surface area contributed by atoms with Crippen LogP contribution < -0.4 is 11.1 Å². The van der Waals surface area contributed by atoms with Crippen LogP contribution in [-0.4, -0.2) is 10.9 Å². The molecule has 2 aromatic heterocycles. The SMILES string of the molecule is Nc1ccc2oc(C(=O)Nc3cnccc3Cl)cc2c1. The highest BCUT2D eigenvalue weighted by Gasteiger charge is 2.14. The van der Waals surface area contributed by atoms with Crippen molar-refractivity contribution in [2.24, 2.45) is 0 Å². The van der Waals surface area contributed by atoms with Gasteiger partial charge in [-0.3, -0.25) is 9.78 Å². The fraction of sp³-hybridized carbons (Fsp3) is 0. The Morgan fingerprint density at radius 1 is 1.30 bits per heavy atom. The first-order chi connectivity index (χ1) is 9.63. The number of nitrogens with zero attached hydrogens (tertiary/aromatic N) is 1. The van der Waals surface area contributed by atoms with E-state index in [9.17, 15) is 4.79 Å². The van der Waals surface area contributed by atoms with E-state index in [0.717, 1.165) is 5.39 Å². The summed E-state index contributed by atoms with van der Waals surface area (Å²) in [5, 5.41) is 3.83. The highest BCUT2D eigenvalue weighted by molar-refractivity contribution is 6.33. The summed E-state index contributed by atoms with van der Waals surface area (Å²) in [6.07, 6.45) is 3.02. The molecular weight excluding hydrogens is 278 g/mol. The predicted molar refractivity (Wildman–Crippen MR) is 77.8 cm³/mol. The zero-order valence-corrected chi connectivity index (χ0v) is 11.0. The number of halogens is 1. The van der Waals surface area contributed by atoms with Gasteiger partial charge in [0.2, 0.25) is 0 Å². The number of carbonyl (C=O) groups excluding carboxylic acids is 1. The van der Waals surface area contributed by atoms with Gasteiger partial charge in [-0.15, -0.1) is 0 Å². The molecular formula is C14H10ClN3O2. The van der Waals surface area contributed by atoms with Gasteiger partial charge in [-0.05, 0) is 30.3 Å². The number of benzene rings is 1. The molecule has 1 aromatic carbocycles. The molecule has 0 spiro atoms. The second-order valence-corrected chi connectivity index (χ2v) is 4.62. The van der Waals surface area contributed by atoms with Crippen LogP contribution in [0.2, 0.25) is 5.02 Å². The van der Waals surface area contributed by atoms with Gasteiger partial charge in [-0.2, -0.15) is 0 Å². The zero-order valence-electron chi connectivity index (χ0n) is 10.3. The number of pyridine rings is 1. The van der Waals surface area contributed by atoms with Crippen molar-refractivity contribution in [2.45, 2.75) is 0 Å². The molecule has 20 heavy (non-hydrogen) atoms. The van der Waals surface area contributed by atoms with E-state index in [1.807, 2.05) is 0 Å². The number of nitrogen functional groups attached to an aromatic ring is 1. The number of fused-ring (bicyclic) bond motifs is 1. The van der Waals surface area contributed by atoms with Crippen molar-refractivity contribution >= 4 is 39.9 Å². The first-order valence-electron chi connectivity index (χ1n) is 5.83. The molecule has 100 valence electrons. The van der Waals surface area contributed by atoms with Gasteiger partial charge in [0, 0.05) is 17.3 Å². The van der Waals surface area contributed by atoms with E-state index < -0.39 is 5.91 Å². The quantitative estimate of drug-likeness (QED) is 0.709. The Labute approximate surface area is 119 Å². The third kappa shape index (κ3) is 2.31. The molecule has 0 aliphatic rings. The molecule has 0 aliphatic carbocycles. The predicted octanol–water partition coefficient (Wildman–Crippen LogP) is 3.32. The number of hydrogen-bond donors (Lipinski definition) is 2. The van der Waals surface area contributed by atoms with E-state index in [4.69, 9.17) is 21.8 Å². The smallest absolute Gasteiger partial charge is 0.291 e. The third-order valence-electron chi connectivity index (χ3n) is 2.78. The average Bonchev–Trinajstić information content (AvgIpc) is 2.84. The fourth-order valence-electron chi connectivity index (χ4n) is 1.83. The van der Waals surface area contributed by atoms with Crippen molar-refractivity contribution in [3.63, 3.8) is 0 Å². The minimum absolute atomic E-state index is 0.186. The monoisotopic (exact) mass is 287 g/mol. The molecule has 1 amide bonds. The van der Waals surface area contributed by atoms with E-state index in [1.54, 1.807) is 36.5 Å². The second kappa shape index (κ2) is 4.86. The number of carbonyl (C=O) groups is 1. The standard InChI is InChI=1S/C14H10ClN3O2/c15-10-3-4-17-7-11(10)18-14(19)13-6-8-5-9(16)1-2-12(8)20-13/h1-7H,16H2,(H,18,19). The van der Waals surface area contributed by atoms with Crippen LogP contribution in [0.3, 0.4) is 0 Å². The highest BCUT2D eigenvalue weighted by Crippen LogP contribution is 2.24. The van der Waals surface area contributed by atoms with Gasteiger partial charge in [0.1, 0.15) is 5.58 Å². The maximum atomic E-state index is 12.1. The molecule has 2 heterocycles. The first-order valence-corrected chi connectivity index (χ1v) is 6.21. The minimum atomic E-state index is -0.394. The Hall–Kier alpha value is -2.53. The summed E-state index contributed by atoms with van der Waals surface area (Å²) in [4.78, 5) is 16.0. The molecule has 0 fully saturated rings. The second-order valence-electron chi connectivity index (χ2n) is 4.22. The third-order valence-corrected chi connectivity index (χ3v) is 3.11. The molecule has 3 rings (SSSR count). The van der Waals surface area contributed by atoms with E-state index in [1.165, 1.54) is 6.20 Å². The lowest BCUT2D eigenvalue weighted by Crippen LogP contribution is -2.11. The summed E-state index contributed by atoms with van der Waals surface area (Å²) < 4.78 is 5.47. The Bertz CT molecular complexity index is 798. The molecule has 0 radical (unpaired) electrons. The number of hydrogen-bond acceptors (Lipinski definition) is 4. The number of amides is 1. The molecule has 5 nitrogen and oxygen atoms in total. The number of furan rings is 1. The largest absolute Gasteiger partial charge is 0.451 e. The lowest BCUT2D eigenvalue weighted by Gasteiger charge is -2.03. The van der Waals surface area contributed by atoms with Crippen molar-refractivity contribution < 1.29 is 9.21 Å². The molecule has 3 aromatic rings. The molecule has 3 N–H and O–H groups in total. The number of nitrogens with two attached hydrogens (primary N) is 1. The number of nitrogens with one attached hydrogen (secondary N) is 1. The van der Waals surface area contributed by atoms with E-state index in [-0.39, 0.29) is 5.76 Å². The summed E-state index contributed by atoms with van der Waals surface area (Å²) in [6, 6.07) is 8.40. The molecule has 0 unspecified atom stereocenters. The van der Waals surface area contributed by atoms with Crippen LogP contribution in [0.25, 0.3) is 11.0 Å². The van der Waals surface area contributed by atoms with Gasteiger partial charge in [0.05, 0.1) is 16.9 Å². The Balaban J connectivity index is 1.91. The van der Waals surface area contributed by atoms with Crippen molar-refractivity contribution in [3.8, 4) is 0 Å². The van der Waals surface area contributed by atoms with Gasteiger partial charge in [-0.25, -0.2) is 0 Å². The highest BCUT2D eigenvalue weighted by atomic mass is 35.5. The number of rotatable bonds is 2. The fourth-order valence-corrected chi connectivity index (χ4v) is 1.98. The summed E-state index contributed by atoms with van der Waals surface area (Å²) in [6.45, 7) is 0. The Morgan fingerprint density at radius 2 is 2.15 bits per heavy atom. The molecule has 0 bridgehead atoms. The molecule has 0 aliphatic heterocycles. The van der Waals surface area contributed by atoms with E-state index in [0.29, 0.717) is 22.0 Å². The normalized spacial score (nSPS) is 10.7. The number of anilines is 2. The maximum absolute atomic E-state index is 12.1. The topological polar surface area (TPSA) is 81.1 Å². The van der Waals surface area contributed by atoms with Crippen LogP contribution in [0, 0.1) is 0 Å². The Morgan fingerprint density at radius 3 is 2.95 bits per heavy atom. The van der Waals surface area contributed by atoms with Crippen molar-refractivity contribution in [2.75, 3.05) is 11.1 Å². The van der Waals surface area contributed by atoms with E-state index in [2.05, 4.69) is 10.3 Å². The molecule has 0 saturated carbocycles. The molecule has 6 heteroatoms. The van der Waals surface area contributed by atoms with Crippen molar-refractivity contribution in [3.05, 3.63) is 53.5 Å².